The van der Waals surface area contributed by atoms with Gasteiger partial charge in [-0.3, -0.25) is 19.5 Å². The van der Waals surface area contributed by atoms with Gasteiger partial charge in [-0.2, -0.15) is 0 Å². The molecule has 1 fully saturated rings. The fourth-order valence-electron chi connectivity index (χ4n) is 2.96. The van der Waals surface area contributed by atoms with Crippen molar-refractivity contribution in [3.8, 4) is 0 Å². The van der Waals surface area contributed by atoms with Gasteiger partial charge in [0.05, 0.1) is 18.0 Å². The zero-order valence-electron chi connectivity index (χ0n) is 13.1. The van der Waals surface area contributed by atoms with E-state index in [0.29, 0.717) is 13.1 Å². The fourth-order valence-corrected chi connectivity index (χ4v) is 2.96. The van der Waals surface area contributed by atoms with Crippen LogP contribution in [0.2, 0.25) is 0 Å². The first-order valence-corrected chi connectivity index (χ1v) is 7.74. The molecule has 0 radical (unpaired) electrons. The molecule has 1 aromatic heterocycles. The van der Waals surface area contributed by atoms with Crippen molar-refractivity contribution in [2.24, 2.45) is 0 Å². The molecule has 1 atom stereocenters. The molecule has 6 heteroatoms. The van der Waals surface area contributed by atoms with Crippen LogP contribution in [0.1, 0.15) is 12.0 Å². The van der Waals surface area contributed by atoms with E-state index in [-0.39, 0.29) is 18.2 Å². The Hall–Kier alpha value is -2.47. The standard InChI is InChI=1S/C17H20N4O2/c1-18-16(22)10-15-17(23)20-8-9-21(15)11-12-6-7-19-14-5-3-2-4-13(12)14/h2-7,15H,8-11H2,1H3,(H,18,22)(H,20,23). The van der Waals surface area contributed by atoms with Gasteiger partial charge >= 0.3 is 0 Å². The molecule has 2 heterocycles. The Morgan fingerprint density at radius 3 is 3.04 bits per heavy atom. The fraction of sp³-hybridized carbons (Fsp3) is 0.353. The smallest absolute Gasteiger partial charge is 0.237 e. The van der Waals surface area contributed by atoms with Crippen LogP contribution in [-0.2, 0) is 16.1 Å². The number of hydrogen-bond donors (Lipinski definition) is 2. The number of pyridine rings is 1. The predicted molar refractivity (Wildman–Crippen MR) is 87.6 cm³/mol. The average Bonchev–Trinajstić information content (AvgIpc) is 2.58. The second-order valence-electron chi connectivity index (χ2n) is 5.64. The number of aromatic nitrogens is 1. The van der Waals surface area contributed by atoms with Crippen LogP contribution in [0.4, 0.5) is 0 Å². The van der Waals surface area contributed by atoms with Crippen LogP contribution in [0.3, 0.4) is 0 Å². The largest absolute Gasteiger partial charge is 0.359 e. The molecule has 6 nitrogen and oxygen atoms in total. The molecule has 2 aromatic rings. The van der Waals surface area contributed by atoms with Gasteiger partial charge < -0.3 is 10.6 Å². The highest BCUT2D eigenvalue weighted by Gasteiger charge is 2.31. The highest BCUT2D eigenvalue weighted by atomic mass is 16.2. The molecule has 120 valence electrons. The van der Waals surface area contributed by atoms with Crippen molar-refractivity contribution in [1.82, 2.24) is 20.5 Å². The summed E-state index contributed by atoms with van der Waals surface area (Å²) < 4.78 is 0. The maximum Gasteiger partial charge on any atom is 0.237 e. The zero-order valence-corrected chi connectivity index (χ0v) is 13.1. The second-order valence-corrected chi connectivity index (χ2v) is 5.64. The average molecular weight is 312 g/mol. The van der Waals surface area contributed by atoms with Gasteiger partial charge in [-0.1, -0.05) is 18.2 Å². The van der Waals surface area contributed by atoms with Crippen molar-refractivity contribution in [2.75, 3.05) is 20.1 Å². The van der Waals surface area contributed by atoms with Gasteiger partial charge in [0, 0.05) is 38.3 Å². The van der Waals surface area contributed by atoms with Crippen LogP contribution < -0.4 is 10.6 Å². The van der Waals surface area contributed by atoms with Crippen molar-refractivity contribution < 1.29 is 9.59 Å². The van der Waals surface area contributed by atoms with Crippen LogP contribution in [0.5, 0.6) is 0 Å². The summed E-state index contributed by atoms with van der Waals surface area (Å²) >= 11 is 0. The number of nitrogens with zero attached hydrogens (tertiary/aromatic N) is 2. The summed E-state index contributed by atoms with van der Waals surface area (Å²) in [7, 11) is 1.59. The third kappa shape index (κ3) is 3.32. The van der Waals surface area contributed by atoms with Crippen molar-refractivity contribution in [3.63, 3.8) is 0 Å². The highest BCUT2D eigenvalue weighted by molar-refractivity contribution is 5.89. The predicted octanol–water partition coefficient (Wildman–Crippen LogP) is 0.671. The molecule has 0 aliphatic carbocycles. The van der Waals surface area contributed by atoms with Gasteiger partial charge in [0.2, 0.25) is 11.8 Å². The van der Waals surface area contributed by atoms with Crippen LogP contribution >= 0.6 is 0 Å². The first-order valence-electron chi connectivity index (χ1n) is 7.74. The van der Waals surface area contributed by atoms with Gasteiger partial charge in [0.15, 0.2) is 0 Å². The number of carbonyl (C=O) groups excluding carboxylic acids is 2. The molecular weight excluding hydrogens is 292 g/mol. The zero-order chi connectivity index (χ0) is 16.2. The Kier molecular flexibility index (Phi) is 4.52. The molecule has 0 bridgehead atoms. The van der Waals surface area contributed by atoms with Gasteiger partial charge in [-0.05, 0) is 17.7 Å². The lowest BCUT2D eigenvalue weighted by Gasteiger charge is -2.34. The first-order chi connectivity index (χ1) is 11.2. The number of para-hydroxylation sites is 1. The van der Waals surface area contributed by atoms with Crippen LogP contribution in [0.25, 0.3) is 10.9 Å². The number of hydrogen-bond acceptors (Lipinski definition) is 4. The summed E-state index contributed by atoms with van der Waals surface area (Å²) in [4.78, 5) is 30.3. The number of benzene rings is 1. The normalized spacial score (nSPS) is 18.7. The van der Waals surface area contributed by atoms with Gasteiger partial charge in [-0.25, -0.2) is 0 Å². The summed E-state index contributed by atoms with van der Waals surface area (Å²) in [6.45, 7) is 1.95. The van der Waals surface area contributed by atoms with Gasteiger partial charge in [0.25, 0.3) is 0 Å². The molecule has 1 saturated heterocycles. The minimum atomic E-state index is -0.435. The van der Waals surface area contributed by atoms with E-state index >= 15 is 0 Å². The van der Waals surface area contributed by atoms with Crippen molar-refractivity contribution >= 4 is 22.7 Å². The maximum atomic E-state index is 12.2. The van der Waals surface area contributed by atoms with Crippen molar-refractivity contribution in [2.45, 2.75) is 19.0 Å². The van der Waals surface area contributed by atoms with E-state index in [9.17, 15) is 9.59 Å². The van der Waals surface area contributed by atoms with Crippen LogP contribution in [0, 0.1) is 0 Å². The topological polar surface area (TPSA) is 74.3 Å². The van der Waals surface area contributed by atoms with Crippen LogP contribution in [0.15, 0.2) is 36.5 Å². The van der Waals surface area contributed by atoms with Crippen LogP contribution in [-0.4, -0.2) is 47.9 Å². The summed E-state index contributed by atoms with van der Waals surface area (Å²) in [6.07, 6.45) is 1.96. The number of amides is 2. The van der Waals surface area contributed by atoms with E-state index in [1.54, 1.807) is 13.2 Å². The molecule has 23 heavy (non-hydrogen) atoms. The Bertz CT molecular complexity index is 726. The molecule has 0 saturated carbocycles. The van der Waals surface area contributed by atoms with E-state index in [4.69, 9.17) is 0 Å². The first kappa shape index (κ1) is 15.4. The summed E-state index contributed by atoms with van der Waals surface area (Å²) in [6, 6.07) is 9.50. The molecular formula is C17H20N4O2. The van der Waals surface area contributed by atoms with Crippen molar-refractivity contribution in [1.29, 1.82) is 0 Å². The quantitative estimate of drug-likeness (QED) is 0.870. The lowest BCUT2D eigenvalue weighted by Crippen LogP contribution is -2.56. The molecule has 3 rings (SSSR count). The molecule has 2 amide bonds. The van der Waals surface area contributed by atoms with E-state index in [1.807, 2.05) is 30.3 Å². The molecule has 0 spiro atoms. The minimum absolute atomic E-state index is 0.0850. The van der Waals surface area contributed by atoms with E-state index in [2.05, 4.69) is 20.5 Å². The maximum absolute atomic E-state index is 12.2. The Labute approximate surface area is 134 Å². The van der Waals surface area contributed by atoms with E-state index in [0.717, 1.165) is 23.0 Å². The second kappa shape index (κ2) is 6.75. The Balaban J connectivity index is 1.86. The lowest BCUT2D eigenvalue weighted by molar-refractivity contribution is -0.134. The van der Waals surface area contributed by atoms with E-state index in [1.165, 1.54) is 0 Å². The molecule has 1 unspecified atom stereocenters. The number of piperazine rings is 1. The minimum Gasteiger partial charge on any atom is -0.359 e. The SMILES string of the molecule is CNC(=O)CC1C(=O)NCCN1Cc1ccnc2ccccc12. The lowest BCUT2D eigenvalue weighted by atomic mass is 10.0. The third-order valence-corrected chi connectivity index (χ3v) is 4.21. The number of rotatable bonds is 4. The summed E-state index contributed by atoms with van der Waals surface area (Å²) in [5, 5.41) is 6.52. The highest BCUT2D eigenvalue weighted by Crippen LogP contribution is 2.20. The summed E-state index contributed by atoms with van der Waals surface area (Å²) in [5.74, 6) is -0.213. The monoisotopic (exact) mass is 312 g/mol. The Morgan fingerprint density at radius 2 is 2.22 bits per heavy atom. The Morgan fingerprint density at radius 1 is 1.39 bits per heavy atom. The van der Waals surface area contributed by atoms with E-state index < -0.39 is 6.04 Å². The number of nitrogens with one attached hydrogen (secondary N) is 2. The molecule has 1 aromatic carbocycles. The number of fused-ring (bicyclic) bond motifs is 1. The molecule has 1 aliphatic rings. The van der Waals surface area contributed by atoms with Crippen molar-refractivity contribution in [3.05, 3.63) is 42.1 Å². The third-order valence-electron chi connectivity index (χ3n) is 4.21. The summed E-state index contributed by atoms with van der Waals surface area (Å²) in [5.41, 5.74) is 2.06. The van der Waals surface area contributed by atoms with Gasteiger partial charge in [0.1, 0.15) is 0 Å². The molecule has 2 N–H and O–H groups in total. The molecule has 1 aliphatic heterocycles. The van der Waals surface area contributed by atoms with Gasteiger partial charge in [-0.15, -0.1) is 0 Å². The number of carbonyl (C=O) groups is 2.